The van der Waals surface area contributed by atoms with Gasteiger partial charge in [0.15, 0.2) is 0 Å². The number of urea groups is 1. The second-order valence-electron chi connectivity index (χ2n) is 3.54. The third-order valence-corrected chi connectivity index (χ3v) is 2.59. The van der Waals surface area contributed by atoms with Gasteiger partial charge in [-0.1, -0.05) is 0 Å². The molecule has 3 amide bonds. The van der Waals surface area contributed by atoms with Gasteiger partial charge in [0, 0.05) is 11.9 Å². The highest BCUT2D eigenvalue weighted by molar-refractivity contribution is 5.80. The molecule has 0 fully saturated rings. The Labute approximate surface area is 86.4 Å². The summed E-state index contributed by atoms with van der Waals surface area (Å²) in [5.74, 6) is -0.460. The van der Waals surface area contributed by atoms with Gasteiger partial charge in [0.1, 0.15) is 6.04 Å². The molecule has 6 heteroatoms. The average molecular weight is 208 g/mol. The Hall–Kier alpha value is -1.98. The molecule has 2 heterocycles. The first kappa shape index (κ1) is 9.57. The van der Waals surface area contributed by atoms with E-state index in [0.29, 0.717) is 6.54 Å². The van der Waals surface area contributed by atoms with Crippen LogP contribution >= 0.6 is 0 Å². The summed E-state index contributed by atoms with van der Waals surface area (Å²) >= 11 is 0. The summed E-state index contributed by atoms with van der Waals surface area (Å²) in [4.78, 5) is 23.7. The van der Waals surface area contributed by atoms with Crippen molar-refractivity contribution in [3.05, 3.63) is 24.0 Å². The highest BCUT2D eigenvalue weighted by Gasteiger charge is 2.29. The Kier molecular flexibility index (Phi) is 2.11. The Morgan fingerprint density at radius 1 is 1.40 bits per heavy atom. The molecule has 0 spiro atoms. The first-order valence-corrected chi connectivity index (χ1v) is 4.59. The number of nitrogens with zero attached hydrogens (tertiary/aromatic N) is 2. The van der Waals surface area contributed by atoms with E-state index in [9.17, 15) is 9.59 Å². The lowest BCUT2D eigenvalue weighted by molar-refractivity contribution is -0.122. The molecule has 4 N–H and O–H groups in total. The molecule has 0 bridgehead atoms. The molecule has 1 atom stereocenters. The molecule has 1 aromatic heterocycles. The van der Waals surface area contributed by atoms with Crippen molar-refractivity contribution in [2.45, 2.75) is 12.6 Å². The van der Waals surface area contributed by atoms with Crippen LogP contribution in [0.4, 0.5) is 4.79 Å². The van der Waals surface area contributed by atoms with E-state index in [1.165, 1.54) is 4.90 Å². The Morgan fingerprint density at radius 2 is 2.13 bits per heavy atom. The van der Waals surface area contributed by atoms with E-state index in [-0.39, 0.29) is 6.54 Å². The first-order valence-electron chi connectivity index (χ1n) is 4.59. The SMILES string of the molecule is NC(=O)C1CN(C(N)=O)Cc2cccn21. The molecular weight excluding hydrogens is 196 g/mol. The van der Waals surface area contributed by atoms with Crippen LogP contribution in [-0.4, -0.2) is 28.0 Å². The van der Waals surface area contributed by atoms with Gasteiger partial charge in [0.25, 0.3) is 0 Å². The lowest BCUT2D eigenvalue weighted by Gasteiger charge is -2.32. The number of carbonyl (C=O) groups excluding carboxylic acids is 2. The summed E-state index contributed by atoms with van der Waals surface area (Å²) in [5, 5.41) is 0. The zero-order valence-electron chi connectivity index (χ0n) is 8.09. The van der Waals surface area contributed by atoms with Crippen molar-refractivity contribution in [3.63, 3.8) is 0 Å². The Morgan fingerprint density at radius 3 is 2.73 bits per heavy atom. The molecule has 80 valence electrons. The molecule has 0 radical (unpaired) electrons. The smallest absolute Gasteiger partial charge is 0.315 e. The lowest BCUT2D eigenvalue weighted by Crippen LogP contribution is -2.47. The van der Waals surface area contributed by atoms with Crippen LogP contribution in [-0.2, 0) is 11.3 Å². The van der Waals surface area contributed by atoms with Crippen LogP contribution in [0.2, 0.25) is 0 Å². The quantitative estimate of drug-likeness (QED) is 0.645. The molecule has 2 rings (SSSR count). The van der Waals surface area contributed by atoms with Crippen molar-refractivity contribution in [1.82, 2.24) is 9.47 Å². The third kappa shape index (κ3) is 1.54. The minimum atomic E-state index is -0.534. The van der Waals surface area contributed by atoms with Crippen LogP contribution < -0.4 is 11.5 Å². The largest absolute Gasteiger partial charge is 0.368 e. The Balaban J connectivity index is 2.35. The number of carbonyl (C=O) groups is 2. The second kappa shape index (κ2) is 3.30. The summed E-state index contributed by atoms with van der Waals surface area (Å²) in [6.45, 7) is 0.665. The number of rotatable bonds is 1. The van der Waals surface area contributed by atoms with Crippen LogP contribution in [0.1, 0.15) is 11.7 Å². The van der Waals surface area contributed by atoms with Crippen LogP contribution in [0.25, 0.3) is 0 Å². The second-order valence-corrected chi connectivity index (χ2v) is 3.54. The summed E-state index contributed by atoms with van der Waals surface area (Å²) in [6, 6.07) is 2.60. The van der Waals surface area contributed by atoms with Gasteiger partial charge in [-0.2, -0.15) is 0 Å². The van der Waals surface area contributed by atoms with E-state index in [2.05, 4.69) is 0 Å². The lowest BCUT2D eigenvalue weighted by atomic mass is 10.2. The number of amides is 3. The molecular formula is C9H12N4O2. The van der Waals surface area contributed by atoms with Crippen LogP contribution in [0.15, 0.2) is 18.3 Å². The fourth-order valence-electron chi connectivity index (χ4n) is 1.82. The molecule has 1 aromatic rings. The zero-order valence-corrected chi connectivity index (χ0v) is 8.09. The molecule has 1 aliphatic rings. The third-order valence-electron chi connectivity index (χ3n) is 2.59. The number of hydrogen-bond donors (Lipinski definition) is 2. The molecule has 15 heavy (non-hydrogen) atoms. The van der Waals surface area contributed by atoms with Gasteiger partial charge < -0.3 is 20.9 Å². The molecule has 0 saturated carbocycles. The van der Waals surface area contributed by atoms with Gasteiger partial charge in [-0.15, -0.1) is 0 Å². The molecule has 1 unspecified atom stereocenters. The van der Waals surface area contributed by atoms with Crippen molar-refractivity contribution in [1.29, 1.82) is 0 Å². The van der Waals surface area contributed by atoms with Crippen molar-refractivity contribution < 1.29 is 9.59 Å². The number of aromatic nitrogens is 1. The summed E-state index contributed by atoms with van der Waals surface area (Å²) in [7, 11) is 0. The van der Waals surface area contributed by atoms with E-state index >= 15 is 0 Å². The van der Waals surface area contributed by atoms with Crippen LogP contribution in [0, 0.1) is 0 Å². The topological polar surface area (TPSA) is 94.4 Å². The van der Waals surface area contributed by atoms with Crippen LogP contribution in [0.5, 0.6) is 0 Å². The summed E-state index contributed by atoms with van der Waals surface area (Å²) in [6.07, 6.45) is 1.78. The Bertz CT molecular complexity index is 412. The average Bonchev–Trinajstić information content (AvgIpc) is 2.62. The summed E-state index contributed by atoms with van der Waals surface area (Å²) < 4.78 is 1.78. The number of fused-ring (bicyclic) bond motifs is 1. The molecule has 0 saturated heterocycles. The predicted octanol–water partition coefficient (Wildman–Crippen LogP) is -0.591. The maximum Gasteiger partial charge on any atom is 0.315 e. The van der Waals surface area contributed by atoms with Crippen LogP contribution in [0.3, 0.4) is 0 Å². The predicted molar refractivity (Wildman–Crippen MR) is 52.7 cm³/mol. The monoisotopic (exact) mass is 208 g/mol. The van der Waals surface area contributed by atoms with Gasteiger partial charge in [-0.3, -0.25) is 4.79 Å². The normalized spacial score (nSPS) is 19.7. The van der Waals surface area contributed by atoms with Crippen molar-refractivity contribution >= 4 is 11.9 Å². The zero-order chi connectivity index (χ0) is 11.0. The van der Waals surface area contributed by atoms with E-state index in [1.54, 1.807) is 10.8 Å². The van der Waals surface area contributed by atoms with E-state index in [0.717, 1.165) is 5.69 Å². The van der Waals surface area contributed by atoms with Crippen molar-refractivity contribution in [2.75, 3.05) is 6.54 Å². The molecule has 0 aliphatic carbocycles. The molecule has 1 aliphatic heterocycles. The van der Waals surface area contributed by atoms with Crippen molar-refractivity contribution in [3.8, 4) is 0 Å². The number of primary amides is 2. The molecule has 6 nitrogen and oxygen atoms in total. The van der Waals surface area contributed by atoms with Crippen molar-refractivity contribution in [2.24, 2.45) is 11.5 Å². The maximum atomic E-state index is 11.2. The minimum absolute atomic E-state index is 0.242. The first-order chi connectivity index (χ1) is 7.09. The fraction of sp³-hybridized carbons (Fsp3) is 0.333. The van der Waals surface area contributed by atoms with Gasteiger partial charge in [0.2, 0.25) is 5.91 Å². The van der Waals surface area contributed by atoms with Gasteiger partial charge in [0.05, 0.1) is 13.1 Å². The summed E-state index contributed by atoms with van der Waals surface area (Å²) in [5.41, 5.74) is 11.3. The van der Waals surface area contributed by atoms with E-state index in [1.807, 2.05) is 12.1 Å². The fourth-order valence-corrected chi connectivity index (χ4v) is 1.82. The highest BCUT2D eigenvalue weighted by atomic mass is 16.2. The maximum absolute atomic E-state index is 11.2. The molecule has 0 aromatic carbocycles. The number of hydrogen-bond acceptors (Lipinski definition) is 2. The highest BCUT2D eigenvalue weighted by Crippen LogP contribution is 2.21. The van der Waals surface area contributed by atoms with E-state index in [4.69, 9.17) is 11.5 Å². The standard InChI is InChI=1S/C9H12N4O2/c10-8(14)7-5-12(9(11)15)4-6-2-1-3-13(6)7/h1-3,7H,4-5H2,(H2,10,14)(H2,11,15). The van der Waals surface area contributed by atoms with Gasteiger partial charge in [-0.25, -0.2) is 4.79 Å². The van der Waals surface area contributed by atoms with Gasteiger partial charge in [-0.05, 0) is 12.1 Å². The van der Waals surface area contributed by atoms with Gasteiger partial charge >= 0.3 is 6.03 Å². The number of nitrogens with two attached hydrogens (primary N) is 2. The van der Waals surface area contributed by atoms with E-state index < -0.39 is 18.0 Å². The minimum Gasteiger partial charge on any atom is -0.368 e.